The minimum Gasteiger partial charge on any atom is -0.486 e. The Bertz CT molecular complexity index is 1110. The number of benzene rings is 1. The maximum absolute atomic E-state index is 12.7. The number of nitrogens with one attached hydrogen (secondary N) is 1. The van der Waals surface area contributed by atoms with E-state index in [2.05, 4.69) is 41.5 Å². The van der Waals surface area contributed by atoms with Crippen molar-refractivity contribution >= 4 is 23.1 Å². The molecule has 150 valence electrons. The van der Waals surface area contributed by atoms with Crippen LogP contribution in [0, 0.1) is 13.8 Å². The van der Waals surface area contributed by atoms with E-state index >= 15 is 0 Å². The SMILES string of the molecule is CNCc1ccc2c(c1)CCC(n1ccc(OCc3nc(C)c(C)s3)cc1=O)=C2. The summed E-state index contributed by atoms with van der Waals surface area (Å²) in [5.74, 6) is 0.574. The summed E-state index contributed by atoms with van der Waals surface area (Å²) in [5, 5.41) is 4.11. The first-order valence-corrected chi connectivity index (χ1v) is 10.6. The van der Waals surface area contributed by atoms with Crippen molar-refractivity contribution in [1.29, 1.82) is 0 Å². The highest BCUT2D eigenvalue weighted by Crippen LogP contribution is 2.27. The molecule has 29 heavy (non-hydrogen) atoms. The second kappa shape index (κ2) is 8.35. The molecule has 2 heterocycles. The van der Waals surface area contributed by atoms with E-state index in [1.807, 2.05) is 26.2 Å². The minimum absolute atomic E-state index is 0.0736. The Hall–Kier alpha value is -2.70. The zero-order chi connectivity index (χ0) is 20.4. The number of hydrogen-bond donors (Lipinski definition) is 1. The van der Waals surface area contributed by atoms with Gasteiger partial charge in [-0.3, -0.25) is 9.36 Å². The molecule has 0 aliphatic heterocycles. The quantitative estimate of drug-likeness (QED) is 0.667. The minimum atomic E-state index is -0.0736. The highest BCUT2D eigenvalue weighted by molar-refractivity contribution is 7.11. The van der Waals surface area contributed by atoms with Gasteiger partial charge in [-0.05, 0) is 62.6 Å². The molecule has 0 saturated carbocycles. The van der Waals surface area contributed by atoms with Gasteiger partial charge in [-0.1, -0.05) is 18.2 Å². The number of nitrogens with zero attached hydrogens (tertiary/aromatic N) is 2. The Kier molecular flexibility index (Phi) is 5.65. The molecule has 1 N–H and O–H groups in total. The van der Waals surface area contributed by atoms with Crippen molar-refractivity contribution in [2.75, 3.05) is 7.05 Å². The van der Waals surface area contributed by atoms with Gasteiger partial charge in [0.25, 0.3) is 5.56 Å². The van der Waals surface area contributed by atoms with Crippen LogP contribution < -0.4 is 15.6 Å². The molecule has 0 unspecified atom stereocenters. The number of fused-ring (bicyclic) bond motifs is 1. The van der Waals surface area contributed by atoms with Gasteiger partial charge >= 0.3 is 0 Å². The smallest absolute Gasteiger partial charge is 0.258 e. The average molecular weight is 408 g/mol. The van der Waals surface area contributed by atoms with Gasteiger partial charge in [0.15, 0.2) is 0 Å². The predicted molar refractivity (Wildman–Crippen MR) is 118 cm³/mol. The van der Waals surface area contributed by atoms with Crippen LogP contribution in [0.25, 0.3) is 11.8 Å². The molecule has 1 aliphatic rings. The average Bonchev–Trinajstić information content (AvgIpc) is 3.04. The van der Waals surface area contributed by atoms with Crippen LogP contribution in [-0.2, 0) is 19.6 Å². The Morgan fingerprint density at radius 1 is 1.21 bits per heavy atom. The van der Waals surface area contributed by atoms with Crippen LogP contribution in [0.2, 0.25) is 0 Å². The number of thiazole rings is 1. The summed E-state index contributed by atoms with van der Waals surface area (Å²) in [7, 11) is 1.95. The van der Waals surface area contributed by atoms with Gasteiger partial charge in [-0.15, -0.1) is 11.3 Å². The highest BCUT2D eigenvalue weighted by atomic mass is 32.1. The first kappa shape index (κ1) is 19.6. The van der Waals surface area contributed by atoms with Gasteiger partial charge in [0, 0.05) is 29.4 Å². The maximum atomic E-state index is 12.7. The lowest BCUT2D eigenvalue weighted by molar-refractivity contribution is 0.304. The molecule has 5 nitrogen and oxygen atoms in total. The lowest BCUT2D eigenvalue weighted by Gasteiger charge is -2.19. The second-order valence-corrected chi connectivity index (χ2v) is 8.60. The fraction of sp³-hybridized carbons (Fsp3) is 0.304. The zero-order valence-electron chi connectivity index (χ0n) is 17.0. The monoisotopic (exact) mass is 407 g/mol. The zero-order valence-corrected chi connectivity index (χ0v) is 17.8. The molecular formula is C23H25N3O2S. The van der Waals surface area contributed by atoms with Crippen molar-refractivity contribution in [2.24, 2.45) is 0 Å². The van der Waals surface area contributed by atoms with Crippen molar-refractivity contribution in [2.45, 2.75) is 39.8 Å². The summed E-state index contributed by atoms with van der Waals surface area (Å²) in [6.07, 6.45) is 5.70. The molecule has 2 aromatic heterocycles. The lowest BCUT2D eigenvalue weighted by Crippen LogP contribution is -2.19. The molecule has 0 fully saturated rings. The molecule has 0 atom stereocenters. The van der Waals surface area contributed by atoms with Crippen molar-refractivity contribution in [1.82, 2.24) is 14.9 Å². The third-order valence-electron chi connectivity index (χ3n) is 5.20. The van der Waals surface area contributed by atoms with E-state index < -0.39 is 0 Å². The van der Waals surface area contributed by atoms with E-state index in [1.165, 1.54) is 21.6 Å². The molecule has 0 bridgehead atoms. The molecule has 4 rings (SSSR count). The van der Waals surface area contributed by atoms with Crippen LogP contribution in [-0.4, -0.2) is 16.6 Å². The first-order chi connectivity index (χ1) is 14.0. The summed E-state index contributed by atoms with van der Waals surface area (Å²) in [6, 6.07) is 9.93. The molecule has 1 aliphatic carbocycles. The number of aromatic nitrogens is 2. The highest BCUT2D eigenvalue weighted by Gasteiger charge is 2.14. The molecule has 0 amide bonds. The summed E-state index contributed by atoms with van der Waals surface area (Å²) in [5.41, 5.74) is 5.78. The maximum Gasteiger partial charge on any atom is 0.258 e. The van der Waals surface area contributed by atoms with Crippen LogP contribution in [0.5, 0.6) is 5.75 Å². The van der Waals surface area contributed by atoms with E-state index in [9.17, 15) is 4.79 Å². The van der Waals surface area contributed by atoms with Crippen molar-refractivity contribution < 1.29 is 4.74 Å². The third-order valence-corrected chi connectivity index (χ3v) is 6.24. The Morgan fingerprint density at radius 2 is 2.07 bits per heavy atom. The lowest BCUT2D eigenvalue weighted by atomic mass is 9.93. The van der Waals surface area contributed by atoms with Crippen LogP contribution in [0.15, 0.2) is 41.3 Å². The van der Waals surface area contributed by atoms with Gasteiger partial charge in [-0.25, -0.2) is 4.98 Å². The Balaban J connectivity index is 1.51. The molecule has 0 saturated heterocycles. The number of ether oxygens (including phenoxy) is 1. The number of allylic oxidation sites excluding steroid dienone is 1. The number of aryl methyl sites for hydroxylation is 3. The number of rotatable bonds is 6. The summed E-state index contributed by atoms with van der Waals surface area (Å²) in [6.45, 7) is 5.29. The molecule has 0 spiro atoms. The molecular weight excluding hydrogens is 382 g/mol. The normalized spacial score (nSPS) is 13.1. The standard InChI is InChI=1S/C23H25N3O2S/c1-15-16(2)29-22(25-15)14-28-21-8-9-26(23(27)12-21)20-7-6-18-10-17(13-24-3)4-5-19(18)11-20/h4-5,8-12,24H,6-7,13-14H2,1-3H3. The number of hydrogen-bond acceptors (Lipinski definition) is 5. The van der Waals surface area contributed by atoms with Gasteiger partial charge in [0.05, 0.1) is 5.69 Å². The van der Waals surface area contributed by atoms with Gasteiger partial charge in [0.1, 0.15) is 17.4 Å². The molecule has 6 heteroatoms. The van der Waals surface area contributed by atoms with E-state index in [4.69, 9.17) is 4.74 Å². The van der Waals surface area contributed by atoms with Gasteiger partial charge in [-0.2, -0.15) is 0 Å². The van der Waals surface area contributed by atoms with E-state index in [1.54, 1.807) is 22.0 Å². The van der Waals surface area contributed by atoms with Crippen LogP contribution >= 0.6 is 11.3 Å². The van der Waals surface area contributed by atoms with Gasteiger partial charge in [0.2, 0.25) is 0 Å². The molecule has 1 aromatic carbocycles. The van der Waals surface area contributed by atoms with Crippen molar-refractivity contribution in [3.8, 4) is 5.75 Å². The largest absolute Gasteiger partial charge is 0.486 e. The number of pyridine rings is 1. The first-order valence-electron chi connectivity index (χ1n) is 9.79. The molecule has 3 aromatic rings. The van der Waals surface area contributed by atoms with Crippen molar-refractivity contribution in [3.63, 3.8) is 0 Å². The van der Waals surface area contributed by atoms with E-state index in [-0.39, 0.29) is 5.56 Å². The summed E-state index contributed by atoms with van der Waals surface area (Å²) < 4.78 is 7.50. The second-order valence-electron chi connectivity index (χ2n) is 7.31. The Labute approximate surface area is 174 Å². The van der Waals surface area contributed by atoms with Crippen molar-refractivity contribution in [3.05, 3.63) is 79.2 Å². The van der Waals surface area contributed by atoms with Crippen LogP contribution in [0.4, 0.5) is 0 Å². The third kappa shape index (κ3) is 4.33. The van der Waals surface area contributed by atoms with Crippen LogP contribution in [0.1, 0.15) is 38.7 Å². The van der Waals surface area contributed by atoms with E-state index in [0.717, 1.165) is 35.8 Å². The fourth-order valence-corrected chi connectivity index (χ4v) is 4.42. The van der Waals surface area contributed by atoms with E-state index in [0.29, 0.717) is 12.4 Å². The molecule has 0 radical (unpaired) electrons. The fourth-order valence-electron chi connectivity index (χ4n) is 3.57. The van der Waals surface area contributed by atoms with Crippen LogP contribution in [0.3, 0.4) is 0 Å². The predicted octanol–water partition coefficient (Wildman–Crippen LogP) is 4.16. The topological polar surface area (TPSA) is 56.1 Å². The summed E-state index contributed by atoms with van der Waals surface area (Å²) in [4.78, 5) is 18.4. The summed E-state index contributed by atoms with van der Waals surface area (Å²) >= 11 is 1.63. The Morgan fingerprint density at radius 3 is 2.79 bits per heavy atom. The van der Waals surface area contributed by atoms with Gasteiger partial charge < -0.3 is 10.1 Å².